The molecule has 1 fully saturated rings. The number of nitrogens with one attached hydrogen (secondary N) is 1. The maximum absolute atomic E-state index is 13.6. The van der Waals surface area contributed by atoms with Crippen molar-refractivity contribution in [1.82, 2.24) is 10.2 Å². The van der Waals surface area contributed by atoms with E-state index in [2.05, 4.69) is 11.9 Å². The Morgan fingerprint density at radius 2 is 2.12 bits per heavy atom. The van der Waals surface area contributed by atoms with Crippen LogP contribution in [0.3, 0.4) is 0 Å². The van der Waals surface area contributed by atoms with Gasteiger partial charge in [-0.05, 0) is 72.9 Å². The van der Waals surface area contributed by atoms with E-state index in [0.29, 0.717) is 58.5 Å². The van der Waals surface area contributed by atoms with Crippen molar-refractivity contribution in [1.29, 1.82) is 0 Å². The highest BCUT2D eigenvalue weighted by molar-refractivity contribution is 14.1. The number of hydrogen-bond acceptors (Lipinski definition) is 8. The lowest BCUT2D eigenvalue weighted by atomic mass is 9.87. The molecular weight excluding hydrogens is 631 g/mol. The minimum absolute atomic E-state index is 0.0651. The minimum atomic E-state index is -1.17. The number of methoxy groups -OCH3 is 1. The van der Waals surface area contributed by atoms with Crippen LogP contribution in [-0.4, -0.2) is 91.0 Å². The number of ether oxygens (including phenoxy) is 3. The van der Waals surface area contributed by atoms with Gasteiger partial charge in [-0.1, -0.05) is 6.08 Å². The molecule has 3 N–H and O–H groups in total. The number of carbonyl (C=O) groups is 3. The highest BCUT2D eigenvalue weighted by atomic mass is 127. The average molecular weight is 671 g/mol. The van der Waals surface area contributed by atoms with Crippen molar-refractivity contribution < 1.29 is 38.8 Å². The van der Waals surface area contributed by atoms with E-state index in [1.54, 1.807) is 17.0 Å². The lowest BCUT2D eigenvalue weighted by Gasteiger charge is -2.41. The minimum Gasteiger partial charge on any atom is -0.493 e. The highest BCUT2D eigenvalue weighted by Gasteiger charge is 2.41. The fraction of sp³-hybridized carbons (Fsp3) is 0.552. The number of amides is 2. The van der Waals surface area contributed by atoms with E-state index in [0.717, 1.165) is 25.7 Å². The van der Waals surface area contributed by atoms with Gasteiger partial charge in [0.15, 0.2) is 11.5 Å². The maximum atomic E-state index is 13.6. The zero-order valence-electron chi connectivity index (χ0n) is 22.9. The Labute approximate surface area is 248 Å². The number of hydrogen-bond donors (Lipinski definition) is 3. The summed E-state index contributed by atoms with van der Waals surface area (Å²) in [5, 5.41) is 23.5. The number of allylic oxidation sites excluding steroid dienone is 1. The molecule has 0 radical (unpaired) electrons. The van der Waals surface area contributed by atoms with Gasteiger partial charge >= 0.3 is 0 Å². The van der Waals surface area contributed by atoms with Crippen molar-refractivity contribution in [2.45, 2.75) is 69.3 Å². The highest BCUT2D eigenvalue weighted by Crippen LogP contribution is 2.37. The van der Waals surface area contributed by atoms with Crippen LogP contribution in [-0.2, 0) is 14.3 Å². The molecule has 1 aromatic carbocycles. The summed E-state index contributed by atoms with van der Waals surface area (Å²) in [5.41, 5.74) is 0.740. The first-order valence-corrected chi connectivity index (χ1v) is 14.7. The maximum Gasteiger partial charge on any atom is 0.247 e. The monoisotopic (exact) mass is 670 g/mol. The Hall–Kier alpha value is -2.48. The summed E-state index contributed by atoms with van der Waals surface area (Å²) in [6.45, 7) is 4.50. The molecule has 2 aliphatic rings. The van der Waals surface area contributed by atoms with Crippen molar-refractivity contribution in [3.8, 4) is 11.5 Å². The zero-order valence-corrected chi connectivity index (χ0v) is 25.0. The largest absolute Gasteiger partial charge is 0.493 e. The van der Waals surface area contributed by atoms with Crippen LogP contribution in [0.1, 0.15) is 55.3 Å². The molecule has 1 heterocycles. The third-order valence-electron chi connectivity index (χ3n) is 7.05. The van der Waals surface area contributed by atoms with Crippen LogP contribution in [0.2, 0.25) is 0 Å². The smallest absolute Gasteiger partial charge is 0.247 e. The molecule has 220 valence electrons. The molecule has 40 heavy (non-hydrogen) atoms. The first-order chi connectivity index (χ1) is 19.3. The van der Waals surface area contributed by atoms with Crippen LogP contribution in [0.5, 0.6) is 11.5 Å². The summed E-state index contributed by atoms with van der Waals surface area (Å²) in [4.78, 5) is 39.6. The van der Waals surface area contributed by atoms with E-state index < -0.39 is 24.2 Å². The molecule has 1 aliphatic carbocycles. The van der Waals surface area contributed by atoms with Crippen LogP contribution in [0.25, 0.3) is 0 Å². The fourth-order valence-corrected chi connectivity index (χ4v) is 5.73. The number of carbonyl (C=O) groups excluding carboxylic acids is 3. The first kappa shape index (κ1) is 32.0. The molecule has 0 bridgehead atoms. The first-order valence-electron chi connectivity index (χ1n) is 13.6. The molecule has 1 saturated heterocycles. The Bertz CT molecular complexity index is 1070. The van der Waals surface area contributed by atoms with Gasteiger partial charge in [0.1, 0.15) is 18.5 Å². The van der Waals surface area contributed by atoms with Crippen molar-refractivity contribution >= 4 is 40.7 Å². The van der Waals surface area contributed by atoms with Crippen LogP contribution in [0, 0.1) is 3.57 Å². The molecule has 0 spiro atoms. The van der Waals surface area contributed by atoms with Gasteiger partial charge in [-0.3, -0.25) is 14.4 Å². The second-order valence-corrected chi connectivity index (χ2v) is 11.0. The Morgan fingerprint density at radius 1 is 1.32 bits per heavy atom. The molecule has 0 aromatic heterocycles. The number of rotatable bonds is 15. The summed E-state index contributed by atoms with van der Waals surface area (Å²) >= 11 is 2.02. The van der Waals surface area contributed by atoms with Crippen molar-refractivity contribution in [3.63, 3.8) is 0 Å². The molecule has 11 heteroatoms. The van der Waals surface area contributed by atoms with Gasteiger partial charge in [0.05, 0.1) is 29.4 Å². The van der Waals surface area contributed by atoms with Crippen LogP contribution in [0.15, 0.2) is 36.4 Å². The molecule has 1 aliphatic heterocycles. The summed E-state index contributed by atoms with van der Waals surface area (Å²) < 4.78 is 18.1. The quantitative estimate of drug-likeness (QED) is 0.112. The molecule has 2 amide bonds. The predicted molar refractivity (Wildman–Crippen MR) is 157 cm³/mol. The predicted octanol–water partition coefficient (Wildman–Crippen LogP) is 2.78. The SMILES string of the molecule is C=CCCCCC(=O)N(C[C@H]1CCCO1)[C@@H]1CC(C(=O)NCCO)=C[C@H](Oc2c(I)cc(C=O)cc2OC)[C@H]1O. The van der Waals surface area contributed by atoms with Crippen molar-refractivity contribution in [3.05, 3.63) is 45.6 Å². The lowest BCUT2D eigenvalue weighted by Crippen LogP contribution is -2.56. The number of benzene rings is 1. The summed E-state index contributed by atoms with van der Waals surface area (Å²) in [7, 11) is 1.45. The molecule has 3 rings (SSSR count). The van der Waals surface area contributed by atoms with E-state index in [1.807, 2.05) is 28.7 Å². The zero-order chi connectivity index (χ0) is 29.1. The molecule has 0 unspecified atom stereocenters. The number of unbranched alkanes of at least 4 members (excludes halogenated alkanes) is 2. The van der Waals surface area contributed by atoms with Gasteiger partial charge in [-0.15, -0.1) is 6.58 Å². The third-order valence-corrected chi connectivity index (χ3v) is 7.85. The molecule has 10 nitrogen and oxygen atoms in total. The van der Waals surface area contributed by atoms with Gasteiger partial charge in [0.25, 0.3) is 0 Å². The van der Waals surface area contributed by atoms with E-state index in [1.165, 1.54) is 13.2 Å². The standard InChI is InChI=1S/C29H39IN2O8/c1-3-4-5-6-9-26(35)32(17-21-8-7-12-39-21)23-15-20(29(37)31-10-11-33)16-24(27(23)36)40-28-22(30)13-19(18-34)14-25(28)38-2/h3,13-14,16,18,21,23-24,27,33,36H,1,4-12,15,17H2,2H3,(H,31,37)/t21-,23-,24+,27+/m1/s1. The summed E-state index contributed by atoms with van der Waals surface area (Å²) in [6, 6.07) is 2.42. The topological polar surface area (TPSA) is 135 Å². The summed E-state index contributed by atoms with van der Waals surface area (Å²) in [6.07, 6.45) is 6.17. The van der Waals surface area contributed by atoms with E-state index >= 15 is 0 Å². The number of nitrogens with zero attached hydrogens (tertiary/aromatic N) is 1. The fourth-order valence-electron chi connectivity index (χ4n) is 4.98. The van der Waals surface area contributed by atoms with E-state index in [9.17, 15) is 24.6 Å². The molecule has 0 saturated carbocycles. The molecule has 4 atom stereocenters. The summed E-state index contributed by atoms with van der Waals surface area (Å²) in [5.74, 6) is 0.0820. The normalized spacial score (nSPS) is 22.2. The van der Waals surface area contributed by atoms with E-state index in [-0.39, 0.29) is 31.6 Å². The number of aldehydes is 1. The number of aliphatic hydroxyl groups excluding tert-OH is 2. The van der Waals surface area contributed by atoms with Gasteiger partial charge in [0, 0.05) is 43.7 Å². The van der Waals surface area contributed by atoms with Gasteiger partial charge in [-0.2, -0.15) is 0 Å². The Balaban J connectivity index is 1.96. The van der Waals surface area contributed by atoms with Crippen LogP contribution < -0.4 is 14.8 Å². The Kier molecular flexibility index (Phi) is 12.9. The van der Waals surface area contributed by atoms with Gasteiger partial charge in [-0.25, -0.2) is 0 Å². The van der Waals surface area contributed by atoms with Gasteiger partial charge in [0.2, 0.25) is 11.8 Å². The average Bonchev–Trinajstić information content (AvgIpc) is 3.48. The van der Waals surface area contributed by atoms with Crippen molar-refractivity contribution in [2.75, 3.05) is 33.4 Å². The number of halogens is 1. The lowest BCUT2D eigenvalue weighted by molar-refractivity contribution is -0.141. The van der Waals surface area contributed by atoms with E-state index in [4.69, 9.17) is 14.2 Å². The third kappa shape index (κ3) is 8.51. The molecular formula is C29H39IN2O8. The Morgan fingerprint density at radius 3 is 2.77 bits per heavy atom. The molecule has 1 aromatic rings. The second-order valence-electron chi connectivity index (χ2n) is 9.88. The van der Waals surface area contributed by atoms with Crippen molar-refractivity contribution in [2.24, 2.45) is 0 Å². The van der Waals surface area contributed by atoms with Gasteiger partial charge < -0.3 is 34.6 Å². The van der Waals surface area contributed by atoms with Crippen LogP contribution in [0.4, 0.5) is 0 Å². The van der Waals surface area contributed by atoms with Crippen LogP contribution >= 0.6 is 22.6 Å². The second kappa shape index (κ2) is 16.1. The number of aliphatic hydroxyl groups is 2.